The number of thioether (sulfide) groups is 1. The number of rotatable bonds is 4. The van der Waals surface area contributed by atoms with Gasteiger partial charge in [-0.05, 0) is 26.0 Å². The van der Waals surface area contributed by atoms with Crippen molar-refractivity contribution in [3.8, 4) is 0 Å². The highest BCUT2D eigenvalue weighted by atomic mass is 32.2. The summed E-state index contributed by atoms with van der Waals surface area (Å²) in [6, 6.07) is 0. The van der Waals surface area contributed by atoms with Crippen LogP contribution in [-0.4, -0.2) is 29.9 Å². The normalized spacial score (nSPS) is 13.7. The van der Waals surface area contributed by atoms with Crippen LogP contribution in [0.2, 0.25) is 0 Å². The van der Waals surface area contributed by atoms with Crippen LogP contribution in [0.15, 0.2) is 0 Å². The van der Waals surface area contributed by atoms with E-state index >= 15 is 0 Å². The van der Waals surface area contributed by atoms with Gasteiger partial charge in [0.05, 0.1) is 10.5 Å². The molecule has 0 atom stereocenters. The van der Waals surface area contributed by atoms with Crippen LogP contribution >= 0.6 is 11.8 Å². The van der Waals surface area contributed by atoms with E-state index in [0.717, 1.165) is 0 Å². The fourth-order valence-electron chi connectivity index (χ4n) is 0.700. The average molecular weight is 224 g/mol. The van der Waals surface area contributed by atoms with E-state index in [1.54, 1.807) is 32.5 Å². The first kappa shape index (κ1) is 13.3. The smallest absolute Gasteiger partial charge is 0.155 e. The molecule has 0 radical (unpaired) electrons. The molecule has 0 bridgehead atoms. The third-order valence-corrected chi connectivity index (χ3v) is 5.71. The highest BCUT2D eigenvalue weighted by molar-refractivity contribution is 8.01. The Balaban J connectivity index is 4.07. The third kappa shape index (κ3) is 4.91. The van der Waals surface area contributed by atoms with Gasteiger partial charge in [-0.1, -0.05) is 13.8 Å². The lowest BCUT2D eigenvalue weighted by molar-refractivity contribution is 0.562. The van der Waals surface area contributed by atoms with Crippen LogP contribution in [0.25, 0.3) is 0 Å². The van der Waals surface area contributed by atoms with Gasteiger partial charge in [0.2, 0.25) is 0 Å². The minimum atomic E-state index is -2.91. The summed E-state index contributed by atoms with van der Waals surface area (Å²) in [5.74, 6) is 0.997. The van der Waals surface area contributed by atoms with Crippen molar-refractivity contribution >= 4 is 21.6 Å². The van der Waals surface area contributed by atoms with Crippen LogP contribution in [0.3, 0.4) is 0 Å². The van der Waals surface area contributed by atoms with E-state index in [1.165, 1.54) is 0 Å². The Morgan fingerprint density at radius 1 is 1.23 bits per heavy atom. The van der Waals surface area contributed by atoms with Gasteiger partial charge in [-0.2, -0.15) is 11.8 Å². The maximum atomic E-state index is 11.6. The first-order chi connectivity index (χ1) is 5.67. The first-order valence-corrected chi connectivity index (χ1v) is 7.21. The summed E-state index contributed by atoms with van der Waals surface area (Å²) in [6.45, 7) is 9.41. The van der Waals surface area contributed by atoms with Crippen molar-refractivity contribution in [1.82, 2.24) is 0 Å². The molecule has 0 aromatic carbocycles. The SMILES string of the molecule is CC(C)SCCS(=O)(=O)C(C)(C)C. The molecule has 0 rings (SSSR count). The quantitative estimate of drug-likeness (QED) is 0.735. The molecule has 0 aromatic heterocycles. The van der Waals surface area contributed by atoms with Gasteiger partial charge < -0.3 is 0 Å². The van der Waals surface area contributed by atoms with Gasteiger partial charge in [-0.3, -0.25) is 0 Å². The van der Waals surface area contributed by atoms with Gasteiger partial charge in [0.1, 0.15) is 0 Å². The van der Waals surface area contributed by atoms with Crippen molar-refractivity contribution in [2.24, 2.45) is 0 Å². The van der Waals surface area contributed by atoms with Crippen LogP contribution in [0.4, 0.5) is 0 Å². The molecule has 0 N–H and O–H groups in total. The molecule has 0 aliphatic heterocycles. The Morgan fingerprint density at radius 2 is 1.69 bits per heavy atom. The molecule has 80 valence electrons. The average Bonchev–Trinajstić information content (AvgIpc) is 1.82. The summed E-state index contributed by atoms with van der Waals surface area (Å²) < 4.78 is 22.6. The Hall–Kier alpha value is 0.300. The molecule has 0 amide bonds. The highest BCUT2D eigenvalue weighted by Gasteiger charge is 2.28. The van der Waals surface area contributed by atoms with Crippen LogP contribution in [0, 0.1) is 0 Å². The summed E-state index contributed by atoms with van der Waals surface area (Å²) >= 11 is 1.70. The first-order valence-electron chi connectivity index (χ1n) is 4.51. The molecule has 0 saturated heterocycles. The van der Waals surface area contributed by atoms with E-state index in [9.17, 15) is 8.42 Å². The number of hydrogen-bond acceptors (Lipinski definition) is 3. The standard InChI is InChI=1S/C9H20O2S2/c1-8(2)12-6-7-13(10,11)9(3,4)5/h8H,6-7H2,1-5H3. The Labute approximate surface area is 86.4 Å². The fourth-order valence-corrected chi connectivity index (χ4v) is 3.05. The molecule has 0 unspecified atom stereocenters. The second-order valence-electron chi connectivity index (χ2n) is 4.35. The van der Waals surface area contributed by atoms with E-state index in [0.29, 0.717) is 16.8 Å². The second kappa shape index (κ2) is 4.69. The second-order valence-corrected chi connectivity index (χ2v) is 8.90. The summed E-state index contributed by atoms with van der Waals surface area (Å²) in [5.41, 5.74) is 0. The van der Waals surface area contributed by atoms with E-state index in [2.05, 4.69) is 13.8 Å². The molecule has 0 aliphatic rings. The minimum Gasteiger partial charge on any atom is -0.228 e. The van der Waals surface area contributed by atoms with Gasteiger partial charge >= 0.3 is 0 Å². The van der Waals surface area contributed by atoms with E-state index in [-0.39, 0.29) is 0 Å². The van der Waals surface area contributed by atoms with E-state index < -0.39 is 14.6 Å². The van der Waals surface area contributed by atoms with Crippen LogP contribution < -0.4 is 0 Å². The van der Waals surface area contributed by atoms with Gasteiger partial charge in [0.25, 0.3) is 0 Å². The van der Waals surface area contributed by atoms with Gasteiger partial charge in [-0.25, -0.2) is 8.42 Å². The van der Waals surface area contributed by atoms with Gasteiger partial charge in [-0.15, -0.1) is 0 Å². The predicted octanol–water partition coefficient (Wildman–Crippen LogP) is 2.34. The lowest BCUT2D eigenvalue weighted by atomic mass is 10.3. The van der Waals surface area contributed by atoms with Crippen molar-refractivity contribution in [1.29, 1.82) is 0 Å². The van der Waals surface area contributed by atoms with Gasteiger partial charge in [0, 0.05) is 5.75 Å². The predicted molar refractivity (Wildman–Crippen MR) is 61.1 cm³/mol. The zero-order chi connectivity index (χ0) is 10.7. The van der Waals surface area contributed by atoms with Crippen LogP contribution in [-0.2, 0) is 9.84 Å². The molecule has 13 heavy (non-hydrogen) atoms. The minimum absolute atomic E-state index is 0.291. The van der Waals surface area contributed by atoms with Crippen LogP contribution in [0.5, 0.6) is 0 Å². The highest BCUT2D eigenvalue weighted by Crippen LogP contribution is 2.18. The Bertz CT molecular complexity index is 235. The largest absolute Gasteiger partial charge is 0.228 e. The number of sulfone groups is 1. The molecule has 0 heterocycles. The topological polar surface area (TPSA) is 34.1 Å². The third-order valence-electron chi connectivity index (χ3n) is 1.74. The zero-order valence-electron chi connectivity index (χ0n) is 9.12. The lowest BCUT2D eigenvalue weighted by Crippen LogP contribution is -2.31. The molecule has 0 saturated carbocycles. The van der Waals surface area contributed by atoms with Crippen molar-refractivity contribution in [2.75, 3.05) is 11.5 Å². The number of hydrogen-bond donors (Lipinski definition) is 0. The zero-order valence-corrected chi connectivity index (χ0v) is 10.8. The molecule has 4 heteroatoms. The van der Waals surface area contributed by atoms with Gasteiger partial charge in [0.15, 0.2) is 9.84 Å². The fraction of sp³-hybridized carbons (Fsp3) is 1.00. The molecule has 2 nitrogen and oxygen atoms in total. The summed E-state index contributed by atoms with van der Waals surface area (Å²) in [5, 5.41) is 0.509. The van der Waals surface area contributed by atoms with Crippen LogP contribution in [0.1, 0.15) is 34.6 Å². The molecule has 0 fully saturated rings. The summed E-state index contributed by atoms with van der Waals surface area (Å²) in [4.78, 5) is 0. The molecular weight excluding hydrogens is 204 g/mol. The van der Waals surface area contributed by atoms with Crippen molar-refractivity contribution in [3.63, 3.8) is 0 Å². The summed E-state index contributed by atoms with van der Waals surface area (Å²) in [6.07, 6.45) is 0. The Kier molecular flexibility index (Phi) is 4.80. The van der Waals surface area contributed by atoms with Crippen molar-refractivity contribution in [3.05, 3.63) is 0 Å². The van der Waals surface area contributed by atoms with Crippen molar-refractivity contribution in [2.45, 2.75) is 44.6 Å². The summed E-state index contributed by atoms with van der Waals surface area (Å²) in [7, 11) is -2.91. The lowest BCUT2D eigenvalue weighted by Gasteiger charge is -2.19. The maximum Gasteiger partial charge on any atom is 0.155 e. The van der Waals surface area contributed by atoms with E-state index in [4.69, 9.17) is 0 Å². The Morgan fingerprint density at radius 3 is 2.00 bits per heavy atom. The van der Waals surface area contributed by atoms with E-state index in [1.807, 2.05) is 0 Å². The molecule has 0 spiro atoms. The van der Waals surface area contributed by atoms with Crippen molar-refractivity contribution < 1.29 is 8.42 Å². The monoisotopic (exact) mass is 224 g/mol. The maximum absolute atomic E-state index is 11.6. The molecule has 0 aliphatic carbocycles. The molecular formula is C9H20O2S2. The molecule has 0 aromatic rings.